The topological polar surface area (TPSA) is 57.2 Å². The maximum Gasteiger partial charge on any atom is 0.260 e. The van der Waals surface area contributed by atoms with Crippen molar-refractivity contribution in [3.63, 3.8) is 0 Å². The number of morpholine rings is 1. The summed E-state index contributed by atoms with van der Waals surface area (Å²) in [5.41, 5.74) is 0. The van der Waals surface area contributed by atoms with E-state index in [0.717, 1.165) is 5.75 Å². The Morgan fingerprint density at radius 3 is 2.36 bits per heavy atom. The number of benzene rings is 1. The lowest BCUT2D eigenvalue weighted by Gasteiger charge is -2.26. The summed E-state index contributed by atoms with van der Waals surface area (Å²) in [4.78, 5) is 13.7. The minimum atomic E-state index is -0.0136. The third-order valence-corrected chi connectivity index (χ3v) is 3.25. The summed E-state index contributed by atoms with van der Waals surface area (Å²) >= 11 is 0. The van der Waals surface area contributed by atoms with Gasteiger partial charge in [-0.25, -0.2) is 0 Å². The van der Waals surface area contributed by atoms with E-state index >= 15 is 0 Å². The predicted octanol–water partition coefficient (Wildman–Crippen LogP) is 1.34. The fraction of sp³-hybridized carbons (Fsp3) is 0.562. The van der Waals surface area contributed by atoms with Gasteiger partial charge in [0.15, 0.2) is 6.61 Å². The molecule has 0 saturated carbocycles. The van der Waals surface area contributed by atoms with E-state index in [1.165, 1.54) is 0 Å². The number of hydrogen-bond acceptors (Lipinski definition) is 5. The van der Waals surface area contributed by atoms with Crippen molar-refractivity contribution in [2.75, 3.05) is 52.7 Å². The number of amides is 1. The first-order valence-electron chi connectivity index (χ1n) is 7.58. The zero-order valence-corrected chi connectivity index (χ0v) is 13.0. The van der Waals surface area contributed by atoms with Crippen LogP contribution in [0, 0.1) is 0 Å². The molecule has 0 radical (unpaired) electrons. The van der Waals surface area contributed by atoms with Gasteiger partial charge in [-0.3, -0.25) is 4.79 Å². The van der Waals surface area contributed by atoms with Crippen molar-refractivity contribution < 1.29 is 23.7 Å². The Labute approximate surface area is 130 Å². The van der Waals surface area contributed by atoms with Gasteiger partial charge in [0, 0.05) is 19.7 Å². The molecule has 0 N–H and O–H groups in total. The highest BCUT2D eigenvalue weighted by atomic mass is 16.5. The van der Waals surface area contributed by atoms with Crippen molar-refractivity contribution in [2.24, 2.45) is 0 Å². The van der Waals surface area contributed by atoms with Gasteiger partial charge in [-0.05, 0) is 31.2 Å². The first-order chi connectivity index (χ1) is 10.8. The molecule has 22 heavy (non-hydrogen) atoms. The van der Waals surface area contributed by atoms with E-state index in [4.69, 9.17) is 18.9 Å². The van der Waals surface area contributed by atoms with E-state index in [1.54, 1.807) is 17.0 Å². The number of ether oxygens (including phenoxy) is 4. The molecule has 0 spiro atoms. The van der Waals surface area contributed by atoms with Gasteiger partial charge in [-0.1, -0.05) is 0 Å². The van der Waals surface area contributed by atoms with Crippen LogP contribution in [0.15, 0.2) is 24.3 Å². The SMILES string of the molecule is CCOCCOc1ccc(OCC(=O)N2CCOCC2)cc1. The van der Waals surface area contributed by atoms with Gasteiger partial charge >= 0.3 is 0 Å². The summed E-state index contributed by atoms with van der Waals surface area (Å²) in [5, 5.41) is 0. The number of nitrogens with zero attached hydrogens (tertiary/aromatic N) is 1. The lowest BCUT2D eigenvalue weighted by molar-refractivity contribution is -0.137. The Morgan fingerprint density at radius 1 is 1.09 bits per heavy atom. The lowest BCUT2D eigenvalue weighted by atomic mass is 10.3. The zero-order valence-electron chi connectivity index (χ0n) is 13.0. The summed E-state index contributed by atoms with van der Waals surface area (Å²) < 4.78 is 21.4. The number of carbonyl (C=O) groups excluding carboxylic acids is 1. The Kier molecular flexibility index (Phi) is 6.99. The quantitative estimate of drug-likeness (QED) is 0.678. The first-order valence-corrected chi connectivity index (χ1v) is 7.58. The van der Waals surface area contributed by atoms with Gasteiger partial charge in [0.1, 0.15) is 18.1 Å². The Morgan fingerprint density at radius 2 is 1.73 bits per heavy atom. The van der Waals surface area contributed by atoms with Crippen molar-refractivity contribution in [2.45, 2.75) is 6.92 Å². The Bertz CT molecular complexity index is 442. The molecule has 0 bridgehead atoms. The monoisotopic (exact) mass is 309 g/mol. The number of carbonyl (C=O) groups is 1. The van der Waals surface area contributed by atoms with Crippen molar-refractivity contribution in [1.82, 2.24) is 4.90 Å². The summed E-state index contributed by atoms with van der Waals surface area (Å²) in [7, 11) is 0. The average Bonchev–Trinajstić information content (AvgIpc) is 2.58. The molecule has 2 rings (SSSR count). The van der Waals surface area contributed by atoms with Crippen LogP contribution in [0.25, 0.3) is 0 Å². The minimum Gasteiger partial charge on any atom is -0.491 e. The van der Waals surface area contributed by atoms with Gasteiger partial charge in [0.25, 0.3) is 5.91 Å². The average molecular weight is 309 g/mol. The van der Waals surface area contributed by atoms with Gasteiger partial charge in [0.2, 0.25) is 0 Å². The third-order valence-electron chi connectivity index (χ3n) is 3.25. The molecule has 1 aliphatic rings. The summed E-state index contributed by atoms with van der Waals surface area (Å²) in [6.45, 7) is 6.23. The molecule has 1 amide bonds. The number of hydrogen-bond donors (Lipinski definition) is 0. The molecule has 122 valence electrons. The molecular formula is C16H23NO5. The van der Waals surface area contributed by atoms with Crippen LogP contribution < -0.4 is 9.47 Å². The summed E-state index contributed by atoms with van der Waals surface area (Å²) in [6, 6.07) is 7.23. The maximum absolute atomic E-state index is 11.9. The Hall–Kier alpha value is -1.79. The van der Waals surface area contributed by atoms with E-state index < -0.39 is 0 Å². The molecule has 0 atom stereocenters. The van der Waals surface area contributed by atoms with Crippen LogP contribution in [0.5, 0.6) is 11.5 Å². The van der Waals surface area contributed by atoms with Crippen molar-refractivity contribution in [3.8, 4) is 11.5 Å². The second-order valence-corrected chi connectivity index (χ2v) is 4.80. The van der Waals surface area contributed by atoms with E-state index in [9.17, 15) is 4.79 Å². The van der Waals surface area contributed by atoms with Crippen LogP contribution in [0.4, 0.5) is 0 Å². The molecule has 1 aliphatic heterocycles. The van der Waals surface area contributed by atoms with Crippen LogP contribution in [-0.2, 0) is 14.3 Å². The lowest BCUT2D eigenvalue weighted by Crippen LogP contribution is -2.42. The van der Waals surface area contributed by atoms with Crippen molar-refractivity contribution in [1.29, 1.82) is 0 Å². The van der Waals surface area contributed by atoms with Crippen LogP contribution in [0.3, 0.4) is 0 Å². The molecule has 1 heterocycles. The molecule has 0 unspecified atom stereocenters. The van der Waals surface area contributed by atoms with Crippen molar-refractivity contribution in [3.05, 3.63) is 24.3 Å². The van der Waals surface area contributed by atoms with Gasteiger partial charge < -0.3 is 23.8 Å². The molecule has 6 nitrogen and oxygen atoms in total. The van der Waals surface area contributed by atoms with Crippen LogP contribution in [-0.4, -0.2) is 63.5 Å². The van der Waals surface area contributed by atoms with E-state index in [-0.39, 0.29) is 12.5 Å². The highest BCUT2D eigenvalue weighted by molar-refractivity contribution is 5.77. The predicted molar refractivity (Wildman–Crippen MR) is 81.3 cm³/mol. The normalized spacial score (nSPS) is 14.7. The molecular weight excluding hydrogens is 286 g/mol. The van der Waals surface area contributed by atoms with Crippen molar-refractivity contribution >= 4 is 5.91 Å². The molecule has 6 heteroatoms. The second kappa shape index (κ2) is 9.27. The van der Waals surface area contributed by atoms with E-state index in [0.29, 0.717) is 51.9 Å². The fourth-order valence-corrected chi connectivity index (χ4v) is 2.04. The molecule has 0 aliphatic carbocycles. The molecule has 0 aromatic heterocycles. The summed E-state index contributed by atoms with van der Waals surface area (Å²) in [5.74, 6) is 1.39. The minimum absolute atomic E-state index is 0.0136. The maximum atomic E-state index is 11.9. The number of rotatable bonds is 8. The molecule has 1 fully saturated rings. The second-order valence-electron chi connectivity index (χ2n) is 4.80. The van der Waals surface area contributed by atoms with Crippen LogP contribution in [0.1, 0.15) is 6.92 Å². The largest absolute Gasteiger partial charge is 0.491 e. The first kappa shape index (κ1) is 16.6. The highest BCUT2D eigenvalue weighted by Gasteiger charge is 2.16. The molecule has 1 aromatic rings. The van der Waals surface area contributed by atoms with Gasteiger partial charge in [-0.15, -0.1) is 0 Å². The standard InChI is InChI=1S/C16H23NO5/c1-2-19-11-12-21-14-3-5-15(6-4-14)22-13-16(18)17-7-9-20-10-8-17/h3-6H,2,7-13H2,1H3. The fourth-order valence-electron chi connectivity index (χ4n) is 2.04. The highest BCUT2D eigenvalue weighted by Crippen LogP contribution is 2.17. The summed E-state index contributed by atoms with van der Waals surface area (Å²) in [6.07, 6.45) is 0. The van der Waals surface area contributed by atoms with Crippen LogP contribution in [0.2, 0.25) is 0 Å². The zero-order chi connectivity index (χ0) is 15.6. The third kappa shape index (κ3) is 5.54. The smallest absolute Gasteiger partial charge is 0.260 e. The van der Waals surface area contributed by atoms with E-state index in [2.05, 4.69) is 0 Å². The van der Waals surface area contributed by atoms with Crippen LogP contribution >= 0.6 is 0 Å². The molecule has 1 saturated heterocycles. The molecule has 1 aromatic carbocycles. The van der Waals surface area contributed by atoms with Gasteiger partial charge in [0.05, 0.1) is 19.8 Å². The van der Waals surface area contributed by atoms with E-state index in [1.807, 2.05) is 19.1 Å². The Balaban J connectivity index is 1.70. The van der Waals surface area contributed by atoms with Gasteiger partial charge in [-0.2, -0.15) is 0 Å².